The first-order chi connectivity index (χ1) is 14.0. The van der Waals surface area contributed by atoms with Gasteiger partial charge in [0.15, 0.2) is 0 Å². The summed E-state index contributed by atoms with van der Waals surface area (Å²) in [5, 5.41) is 12.7. The van der Waals surface area contributed by atoms with E-state index in [9.17, 15) is 14.3 Å². The van der Waals surface area contributed by atoms with Crippen LogP contribution in [0.25, 0.3) is 11.1 Å². The first kappa shape index (κ1) is 19.2. The molecule has 0 saturated carbocycles. The number of aryl methyl sites for hydroxylation is 1. The van der Waals surface area contributed by atoms with Gasteiger partial charge in [0.2, 0.25) is 0 Å². The Morgan fingerprint density at radius 3 is 2.34 bits per heavy atom. The number of aliphatic hydroxyl groups is 1. The highest BCUT2D eigenvalue weighted by molar-refractivity contribution is 5.79. The average Bonchev–Trinajstić information content (AvgIpc) is 3.06. The Balaban J connectivity index is 1.38. The molecule has 0 aromatic heterocycles. The van der Waals surface area contributed by atoms with Crippen LogP contribution in [0.4, 0.5) is 9.18 Å². The van der Waals surface area contributed by atoms with E-state index in [1.165, 1.54) is 6.07 Å². The monoisotopic (exact) mass is 391 g/mol. The van der Waals surface area contributed by atoms with Gasteiger partial charge in [0, 0.05) is 11.5 Å². The van der Waals surface area contributed by atoms with Crippen LogP contribution in [0.2, 0.25) is 0 Å². The van der Waals surface area contributed by atoms with E-state index in [1.807, 2.05) is 43.3 Å². The molecular weight excluding hydrogens is 369 g/mol. The molecule has 0 aliphatic heterocycles. The van der Waals surface area contributed by atoms with Gasteiger partial charge in [0.25, 0.3) is 0 Å². The lowest BCUT2D eigenvalue weighted by atomic mass is 9.98. The number of rotatable bonds is 5. The summed E-state index contributed by atoms with van der Waals surface area (Å²) < 4.78 is 19.3. The van der Waals surface area contributed by atoms with Gasteiger partial charge in [-0.05, 0) is 35.2 Å². The summed E-state index contributed by atoms with van der Waals surface area (Å²) in [6.07, 6.45) is -1.78. The molecule has 3 aromatic carbocycles. The Morgan fingerprint density at radius 1 is 1.07 bits per heavy atom. The van der Waals surface area contributed by atoms with Gasteiger partial charge in [-0.25, -0.2) is 9.18 Å². The molecule has 0 bridgehead atoms. The van der Waals surface area contributed by atoms with Crippen molar-refractivity contribution < 1.29 is 19.0 Å². The predicted molar refractivity (Wildman–Crippen MR) is 109 cm³/mol. The second-order valence-electron chi connectivity index (χ2n) is 7.25. The van der Waals surface area contributed by atoms with Crippen LogP contribution in [0.1, 0.15) is 34.3 Å². The number of hydrogen-bond acceptors (Lipinski definition) is 3. The molecule has 0 spiro atoms. The van der Waals surface area contributed by atoms with Gasteiger partial charge in [0.1, 0.15) is 12.4 Å². The van der Waals surface area contributed by atoms with Crippen molar-refractivity contribution in [1.29, 1.82) is 0 Å². The largest absolute Gasteiger partial charge is 0.449 e. The van der Waals surface area contributed by atoms with Crippen molar-refractivity contribution in [3.63, 3.8) is 0 Å². The number of benzene rings is 3. The number of hydrogen-bond donors (Lipinski definition) is 2. The number of carbonyl (C=O) groups is 1. The summed E-state index contributed by atoms with van der Waals surface area (Å²) in [4.78, 5) is 12.2. The molecule has 0 saturated heterocycles. The van der Waals surface area contributed by atoms with E-state index < -0.39 is 18.0 Å². The smallest absolute Gasteiger partial charge is 0.407 e. The van der Waals surface area contributed by atoms with Crippen molar-refractivity contribution in [2.45, 2.75) is 18.9 Å². The van der Waals surface area contributed by atoms with Gasteiger partial charge in [-0.1, -0.05) is 66.2 Å². The second-order valence-corrected chi connectivity index (χ2v) is 7.25. The predicted octanol–water partition coefficient (Wildman–Crippen LogP) is 4.71. The number of carbonyl (C=O) groups excluding carboxylic acids is 1. The lowest BCUT2D eigenvalue weighted by molar-refractivity contribution is 0.127. The Bertz CT molecular complexity index is 1000. The SMILES string of the molecule is Cc1ccc(F)c(C(O)CNC(=O)OCC2c3ccccc3-c3ccccc32)c1. The lowest BCUT2D eigenvalue weighted by Crippen LogP contribution is -2.30. The van der Waals surface area contributed by atoms with Gasteiger partial charge in [0.05, 0.1) is 12.6 Å². The summed E-state index contributed by atoms with van der Waals surface area (Å²) in [7, 11) is 0. The molecule has 29 heavy (non-hydrogen) atoms. The number of fused-ring (bicyclic) bond motifs is 3. The molecule has 148 valence electrons. The molecule has 2 N–H and O–H groups in total. The highest BCUT2D eigenvalue weighted by Gasteiger charge is 2.29. The summed E-state index contributed by atoms with van der Waals surface area (Å²) in [6.45, 7) is 1.88. The number of amides is 1. The molecule has 1 atom stereocenters. The average molecular weight is 391 g/mol. The zero-order valence-corrected chi connectivity index (χ0v) is 16.1. The second kappa shape index (κ2) is 8.05. The quantitative estimate of drug-likeness (QED) is 0.662. The summed E-state index contributed by atoms with van der Waals surface area (Å²) in [6, 6.07) is 20.7. The van der Waals surface area contributed by atoms with Crippen molar-refractivity contribution in [1.82, 2.24) is 5.32 Å². The maximum Gasteiger partial charge on any atom is 0.407 e. The third-order valence-electron chi connectivity index (χ3n) is 5.29. The van der Waals surface area contributed by atoms with Crippen LogP contribution >= 0.6 is 0 Å². The molecule has 1 aliphatic carbocycles. The van der Waals surface area contributed by atoms with Gasteiger partial charge < -0.3 is 15.2 Å². The van der Waals surface area contributed by atoms with Crippen molar-refractivity contribution in [3.05, 3.63) is 94.8 Å². The molecule has 1 unspecified atom stereocenters. The zero-order chi connectivity index (χ0) is 20.4. The Hall–Kier alpha value is -3.18. The first-order valence-electron chi connectivity index (χ1n) is 9.57. The molecule has 1 aliphatic rings. The van der Waals surface area contributed by atoms with Crippen LogP contribution in [-0.4, -0.2) is 24.4 Å². The highest BCUT2D eigenvalue weighted by atomic mass is 19.1. The minimum Gasteiger partial charge on any atom is -0.449 e. The normalized spacial score (nSPS) is 13.5. The maximum atomic E-state index is 13.9. The van der Waals surface area contributed by atoms with Gasteiger partial charge in [-0.3, -0.25) is 0 Å². The van der Waals surface area contributed by atoms with Crippen LogP contribution in [0.3, 0.4) is 0 Å². The van der Waals surface area contributed by atoms with E-state index >= 15 is 0 Å². The Labute approximate surface area is 169 Å². The molecule has 4 rings (SSSR count). The number of ether oxygens (including phenoxy) is 1. The molecule has 0 heterocycles. The fourth-order valence-corrected chi connectivity index (χ4v) is 3.86. The number of aliphatic hydroxyl groups excluding tert-OH is 1. The molecule has 1 amide bonds. The van der Waals surface area contributed by atoms with Crippen LogP contribution < -0.4 is 5.32 Å². The van der Waals surface area contributed by atoms with Crippen molar-refractivity contribution >= 4 is 6.09 Å². The fourth-order valence-electron chi connectivity index (χ4n) is 3.86. The molecule has 5 heteroatoms. The Kier molecular flexibility index (Phi) is 5.32. The third-order valence-corrected chi connectivity index (χ3v) is 5.29. The Morgan fingerprint density at radius 2 is 1.69 bits per heavy atom. The third kappa shape index (κ3) is 3.87. The molecule has 0 fully saturated rings. The molecule has 4 nitrogen and oxygen atoms in total. The van der Waals surface area contributed by atoms with Crippen LogP contribution in [0, 0.1) is 12.7 Å². The van der Waals surface area contributed by atoms with Crippen molar-refractivity contribution in [2.24, 2.45) is 0 Å². The summed E-state index contributed by atoms with van der Waals surface area (Å²) in [5.74, 6) is -0.537. The molecule has 3 aromatic rings. The van der Waals surface area contributed by atoms with E-state index in [0.29, 0.717) is 0 Å². The minimum atomic E-state index is -1.14. The minimum absolute atomic E-state index is 0.0349. The van der Waals surface area contributed by atoms with Crippen LogP contribution in [0.15, 0.2) is 66.7 Å². The van der Waals surface area contributed by atoms with Crippen LogP contribution in [-0.2, 0) is 4.74 Å². The summed E-state index contributed by atoms with van der Waals surface area (Å²) >= 11 is 0. The van der Waals surface area contributed by atoms with Gasteiger partial charge >= 0.3 is 6.09 Å². The highest BCUT2D eigenvalue weighted by Crippen LogP contribution is 2.44. The summed E-state index contributed by atoms with van der Waals surface area (Å²) in [5.41, 5.74) is 5.56. The molecular formula is C24H22FNO3. The van der Waals surface area contributed by atoms with E-state index in [1.54, 1.807) is 12.1 Å². The molecule has 0 radical (unpaired) electrons. The zero-order valence-electron chi connectivity index (χ0n) is 16.1. The number of halogens is 1. The van der Waals surface area contributed by atoms with Crippen molar-refractivity contribution in [3.8, 4) is 11.1 Å². The lowest BCUT2D eigenvalue weighted by Gasteiger charge is -2.16. The first-order valence-corrected chi connectivity index (χ1v) is 9.57. The van der Waals surface area contributed by atoms with E-state index in [-0.39, 0.29) is 24.6 Å². The van der Waals surface area contributed by atoms with E-state index in [2.05, 4.69) is 17.4 Å². The maximum absolute atomic E-state index is 13.9. The van der Waals surface area contributed by atoms with Crippen molar-refractivity contribution in [2.75, 3.05) is 13.2 Å². The number of nitrogens with one attached hydrogen (secondary N) is 1. The van der Waals surface area contributed by atoms with E-state index in [0.717, 1.165) is 27.8 Å². The van der Waals surface area contributed by atoms with Gasteiger partial charge in [-0.15, -0.1) is 0 Å². The topological polar surface area (TPSA) is 58.6 Å². The standard InChI is InChI=1S/C24H22FNO3/c1-15-10-11-22(25)20(12-15)23(27)13-26-24(28)29-14-21-18-8-4-2-6-16(18)17-7-3-5-9-19(17)21/h2-12,21,23,27H,13-14H2,1H3,(H,26,28). The van der Waals surface area contributed by atoms with E-state index in [4.69, 9.17) is 4.74 Å². The fraction of sp³-hybridized carbons (Fsp3) is 0.208. The van der Waals surface area contributed by atoms with Crippen LogP contribution in [0.5, 0.6) is 0 Å². The number of alkyl carbamates (subject to hydrolysis) is 1. The van der Waals surface area contributed by atoms with Gasteiger partial charge in [-0.2, -0.15) is 0 Å².